The van der Waals surface area contributed by atoms with E-state index in [0.29, 0.717) is 10.1 Å². The Bertz CT molecular complexity index is 791. The third kappa shape index (κ3) is 5.26. The Labute approximate surface area is 170 Å². The second kappa shape index (κ2) is 8.83. The number of nitrogens with zero attached hydrogens (tertiary/aromatic N) is 4. The molecule has 2 aromatic rings. The van der Waals surface area contributed by atoms with Crippen LogP contribution in [0.4, 0.5) is 19.1 Å². The van der Waals surface area contributed by atoms with E-state index in [-0.39, 0.29) is 23.8 Å². The van der Waals surface area contributed by atoms with Crippen molar-refractivity contribution in [2.24, 2.45) is 0 Å². The number of piperidine rings is 1. The van der Waals surface area contributed by atoms with Crippen LogP contribution >= 0.6 is 23.3 Å². The van der Waals surface area contributed by atoms with Crippen LogP contribution in [-0.2, 0) is 6.18 Å². The molecule has 28 heavy (non-hydrogen) atoms. The van der Waals surface area contributed by atoms with Crippen molar-refractivity contribution in [1.29, 1.82) is 0 Å². The zero-order chi connectivity index (χ0) is 20.3. The van der Waals surface area contributed by atoms with E-state index in [4.69, 9.17) is 4.74 Å². The summed E-state index contributed by atoms with van der Waals surface area (Å²) in [7, 11) is 0. The fourth-order valence-electron chi connectivity index (χ4n) is 2.84. The van der Waals surface area contributed by atoms with Crippen molar-refractivity contribution in [2.75, 3.05) is 24.7 Å². The SMILES string of the molecule is CSN1CCC(Nc2ncc(C(F)(F)F)c(-c3cnc(OC(C)C)s3)n2)CC1. The van der Waals surface area contributed by atoms with Crippen molar-refractivity contribution in [2.45, 2.75) is 45.0 Å². The molecule has 0 aromatic carbocycles. The molecule has 154 valence electrons. The molecule has 2 aromatic heterocycles. The maximum atomic E-state index is 13.5. The zero-order valence-electron chi connectivity index (χ0n) is 15.8. The second-order valence-corrected chi connectivity index (χ2v) is 8.52. The van der Waals surface area contributed by atoms with Gasteiger partial charge in [-0.15, -0.1) is 0 Å². The van der Waals surface area contributed by atoms with Crippen LogP contribution in [0.25, 0.3) is 10.6 Å². The number of thiazole rings is 1. The summed E-state index contributed by atoms with van der Waals surface area (Å²) in [6.45, 7) is 5.49. The van der Waals surface area contributed by atoms with Gasteiger partial charge in [0.05, 0.1) is 22.9 Å². The normalized spacial score (nSPS) is 16.5. The fraction of sp³-hybridized carbons (Fsp3) is 0.588. The topological polar surface area (TPSA) is 63.2 Å². The minimum Gasteiger partial charge on any atom is -0.467 e. The highest BCUT2D eigenvalue weighted by atomic mass is 32.2. The number of hydrogen-bond donors (Lipinski definition) is 1. The Morgan fingerprint density at radius 3 is 2.57 bits per heavy atom. The van der Waals surface area contributed by atoms with E-state index in [2.05, 4.69) is 24.6 Å². The van der Waals surface area contributed by atoms with Crippen LogP contribution in [0.3, 0.4) is 0 Å². The first-order valence-corrected chi connectivity index (χ1v) is 10.9. The van der Waals surface area contributed by atoms with E-state index in [1.165, 1.54) is 6.20 Å². The molecule has 0 atom stereocenters. The maximum Gasteiger partial charge on any atom is 0.420 e. The summed E-state index contributed by atoms with van der Waals surface area (Å²) in [6.07, 6.45) is 1.33. The first-order chi connectivity index (χ1) is 13.3. The molecule has 0 amide bonds. The number of rotatable bonds is 6. The molecule has 3 heterocycles. The third-order valence-corrected chi connectivity index (χ3v) is 5.97. The van der Waals surface area contributed by atoms with Crippen LogP contribution in [0.2, 0.25) is 0 Å². The summed E-state index contributed by atoms with van der Waals surface area (Å²) >= 11 is 2.74. The molecular weight excluding hydrogens is 411 g/mol. The van der Waals surface area contributed by atoms with Crippen LogP contribution in [-0.4, -0.2) is 50.7 Å². The maximum absolute atomic E-state index is 13.5. The largest absolute Gasteiger partial charge is 0.467 e. The first kappa shape index (κ1) is 21.1. The molecule has 1 aliphatic rings. The summed E-state index contributed by atoms with van der Waals surface area (Å²) in [5.74, 6) is 0.199. The van der Waals surface area contributed by atoms with Gasteiger partial charge in [-0.1, -0.05) is 23.3 Å². The quantitative estimate of drug-likeness (QED) is 0.670. The lowest BCUT2D eigenvalue weighted by Crippen LogP contribution is -2.35. The van der Waals surface area contributed by atoms with Gasteiger partial charge in [-0.3, -0.25) is 4.31 Å². The lowest BCUT2D eigenvalue weighted by molar-refractivity contribution is -0.137. The molecule has 1 fully saturated rings. The molecule has 1 aliphatic heterocycles. The fourth-order valence-corrected chi connectivity index (χ4v) is 4.30. The minimum atomic E-state index is -4.55. The number of anilines is 1. The molecule has 0 saturated carbocycles. The monoisotopic (exact) mass is 433 g/mol. The van der Waals surface area contributed by atoms with E-state index in [0.717, 1.165) is 43.5 Å². The van der Waals surface area contributed by atoms with Crippen molar-refractivity contribution < 1.29 is 17.9 Å². The number of aromatic nitrogens is 3. The van der Waals surface area contributed by atoms with Crippen molar-refractivity contribution in [1.82, 2.24) is 19.3 Å². The van der Waals surface area contributed by atoms with Gasteiger partial charge in [-0.2, -0.15) is 13.2 Å². The molecule has 1 saturated heterocycles. The molecule has 11 heteroatoms. The van der Waals surface area contributed by atoms with E-state index in [1.807, 2.05) is 20.1 Å². The average molecular weight is 434 g/mol. The smallest absolute Gasteiger partial charge is 0.420 e. The number of nitrogens with one attached hydrogen (secondary N) is 1. The first-order valence-electron chi connectivity index (χ1n) is 8.89. The Morgan fingerprint density at radius 1 is 1.25 bits per heavy atom. The highest BCUT2D eigenvalue weighted by Crippen LogP contribution is 2.39. The van der Waals surface area contributed by atoms with E-state index < -0.39 is 11.7 Å². The standard InChI is InChI=1S/C17H22F3N5OS2/c1-10(2)26-16-22-9-13(28-16)14-12(17(18,19)20)8-21-15(24-14)23-11-4-6-25(27-3)7-5-11/h8-11H,4-7H2,1-3H3,(H,21,23,24). The van der Waals surface area contributed by atoms with E-state index in [1.54, 1.807) is 11.9 Å². The van der Waals surface area contributed by atoms with Gasteiger partial charge in [0.15, 0.2) is 0 Å². The number of halogens is 3. The Hall–Kier alpha value is -1.59. The lowest BCUT2D eigenvalue weighted by Gasteiger charge is -2.30. The molecule has 0 spiro atoms. The molecule has 6 nitrogen and oxygen atoms in total. The van der Waals surface area contributed by atoms with Gasteiger partial charge in [0.2, 0.25) is 5.95 Å². The summed E-state index contributed by atoms with van der Waals surface area (Å²) in [6, 6.07) is 0.134. The van der Waals surface area contributed by atoms with Crippen LogP contribution in [0, 0.1) is 0 Å². The van der Waals surface area contributed by atoms with E-state index >= 15 is 0 Å². The molecule has 0 unspecified atom stereocenters. The number of ether oxygens (including phenoxy) is 1. The molecule has 3 rings (SSSR count). The van der Waals surface area contributed by atoms with Crippen molar-refractivity contribution in [3.63, 3.8) is 0 Å². The van der Waals surface area contributed by atoms with Crippen molar-refractivity contribution >= 4 is 29.2 Å². The molecule has 0 aliphatic carbocycles. The summed E-state index contributed by atoms with van der Waals surface area (Å²) < 4.78 is 48.1. The predicted molar refractivity (Wildman–Crippen MR) is 106 cm³/mol. The van der Waals surface area contributed by atoms with Crippen LogP contribution in [0.5, 0.6) is 5.19 Å². The zero-order valence-corrected chi connectivity index (χ0v) is 17.4. The third-order valence-electron chi connectivity index (χ3n) is 4.19. The molecule has 0 bridgehead atoms. The van der Waals surface area contributed by atoms with Crippen LogP contribution in [0.15, 0.2) is 12.4 Å². The van der Waals surface area contributed by atoms with Gasteiger partial charge in [0, 0.05) is 25.3 Å². The molecule has 1 N–H and O–H groups in total. The second-order valence-electron chi connectivity index (χ2n) is 6.64. The Morgan fingerprint density at radius 2 is 1.96 bits per heavy atom. The van der Waals surface area contributed by atoms with Crippen molar-refractivity contribution in [3.05, 3.63) is 18.0 Å². The van der Waals surface area contributed by atoms with Gasteiger partial charge < -0.3 is 10.1 Å². The molecular formula is C17H22F3N5OS2. The predicted octanol–water partition coefficient (Wildman–Crippen LogP) is 4.56. The van der Waals surface area contributed by atoms with Gasteiger partial charge >= 0.3 is 6.18 Å². The van der Waals surface area contributed by atoms with Gasteiger partial charge in [-0.05, 0) is 32.9 Å². The molecule has 0 radical (unpaired) electrons. The summed E-state index contributed by atoms with van der Waals surface area (Å²) in [4.78, 5) is 12.5. The van der Waals surface area contributed by atoms with Crippen LogP contribution in [0.1, 0.15) is 32.3 Å². The minimum absolute atomic E-state index is 0.115. The highest BCUT2D eigenvalue weighted by molar-refractivity contribution is 7.96. The number of alkyl halides is 3. The Kier molecular flexibility index (Phi) is 6.66. The average Bonchev–Trinajstić information content (AvgIpc) is 3.09. The van der Waals surface area contributed by atoms with Gasteiger partial charge in [0.1, 0.15) is 5.56 Å². The van der Waals surface area contributed by atoms with Crippen molar-refractivity contribution in [3.8, 4) is 15.8 Å². The van der Waals surface area contributed by atoms with E-state index in [9.17, 15) is 13.2 Å². The number of hydrogen-bond acceptors (Lipinski definition) is 8. The van der Waals surface area contributed by atoms with Gasteiger partial charge in [-0.25, -0.2) is 15.0 Å². The Balaban J connectivity index is 1.84. The van der Waals surface area contributed by atoms with Gasteiger partial charge in [0.25, 0.3) is 5.19 Å². The summed E-state index contributed by atoms with van der Waals surface area (Å²) in [5, 5.41) is 3.50. The highest BCUT2D eigenvalue weighted by Gasteiger charge is 2.36. The lowest BCUT2D eigenvalue weighted by atomic mass is 10.1. The summed E-state index contributed by atoms with van der Waals surface area (Å²) in [5.41, 5.74) is -1.06. The van der Waals surface area contributed by atoms with Crippen LogP contribution < -0.4 is 10.1 Å².